The Hall–Kier alpha value is -1.33. The summed E-state index contributed by atoms with van der Waals surface area (Å²) >= 11 is 3.48. The van der Waals surface area contributed by atoms with Gasteiger partial charge in [0.25, 0.3) is 0 Å². The molecule has 4 rings (SSSR count). The second-order valence-corrected chi connectivity index (χ2v) is 6.54. The molecule has 5 heteroatoms. The first kappa shape index (κ1) is 13.3. The van der Waals surface area contributed by atoms with Gasteiger partial charge >= 0.3 is 0 Å². The molecule has 0 saturated heterocycles. The predicted octanol–water partition coefficient (Wildman–Crippen LogP) is 3.57. The van der Waals surface area contributed by atoms with E-state index in [1.54, 1.807) is 6.07 Å². The molecule has 1 saturated carbocycles. The van der Waals surface area contributed by atoms with Crippen LogP contribution in [0.2, 0.25) is 0 Å². The Bertz CT molecular complexity index is 713. The molecule has 2 aromatic rings. The maximum atomic E-state index is 13.6. The Morgan fingerprint density at radius 2 is 2.10 bits per heavy atom. The van der Waals surface area contributed by atoms with E-state index >= 15 is 0 Å². The lowest BCUT2D eigenvalue weighted by Gasteiger charge is -2.20. The van der Waals surface area contributed by atoms with Gasteiger partial charge in [0.15, 0.2) is 5.82 Å². The van der Waals surface area contributed by atoms with Crippen molar-refractivity contribution in [3.63, 3.8) is 0 Å². The molecule has 0 unspecified atom stereocenters. The van der Waals surface area contributed by atoms with E-state index in [0.717, 1.165) is 35.2 Å². The van der Waals surface area contributed by atoms with Gasteiger partial charge in [-0.3, -0.25) is 0 Å². The fourth-order valence-corrected chi connectivity index (χ4v) is 3.28. The Kier molecular flexibility index (Phi) is 3.27. The SMILES string of the molecule is Fc1ccc(Br)c(-c2nc3c(c(C4CC4)n2)CNCC3)c1. The quantitative estimate of drug-likeness (QED) is 0.902. The van der Waals surface area contributed by atoms with Gasteiger partial charge < -0.3 is 5.32 Å². The van der Waals surface area contributed by atoms with Crippen molar-refractivity contribution in [1.82, 2.24) is 15.3 Å². The highest BCUT2D eigenvalue weighted by atomic mass is 79.9. The van der Waals surface area contributed by atoms with Crippen molar-refractivity contribution < 1.29 is 4.39 Å². The van der Waals surface area contributed by atoms with Crippen LogP contribution < -0.4 is 5.32 Å². The zero-order valence-corrected chi connectivity index (χ0v) is 13.1. The van der Waals surface area contributed by atoms with Crippen molar-refractivity contribution in [1.29, 1.82) is 0 Å². The summed E-state index contributed by atoms with van der Waals surface area (Å²) in [6, 6.07) is 4.66. The summed E-state index contributed by atoms with van der Waals surface area (Å²) in [4.78, 5) is 9.48. The van der Waals surface area contributed by atoms with E-state index in [-0.39, 0.29) is 5.82 Å². The molecule has 21 heavy (non-hydrogen) atoms. The fraction of sp³-hybridized carbons (Fsp3) is 0.375. The van der Waals surface area contributed by atoms with E-state index in [1.807, 2.05) is 0 Å². The highest BCUT2D eigenvalue weighted by Crippen LogP contribution is 2.42. The lowest BCUT2D eigenvalue weighted by Crippen LogP contribution is -2.26. The van der Waals surface area contributed by atoms with Crippen LogP contribution in [0.3, 0.4) is 0 Å². The first-order valence-electron chi connectivity index (χ1n) is 7.28. The maximum Gasteiger partial charge on any atom is 0.160 e. The van der Waals surface area contributed by atoms with Crippen LogP contribution in [0.1, 0.15) is 35.7 Å². The van der Waals surface area contributed by atoms with Crippen molar-refractivity contribution in [2.75, 3.05) is 6.54 Å². The molecule has 108 valence electrons. The normalized spacial score (nSPS) is 17.6. The highest BCUT2D eigenvalue weighted by molar-refractivity contribution is 9.10. The number of hydrogen-bond donors (Lipinski definition) is 1. The van der Waals surface area contributed by atoms with Crippen molar-refractivity contribution >= 4 is 15.9 Å². The number of nitrogens with one attached hydrogen (secondary N) is 1. The Morgan fingerprint density at radius 1 is 1.24 bits per heavy atom. The van der Waals surface area contributed by atoms with Crippen molar-refractivity contribution in [3.05, 3.63) is 45.4 Å². The second kappa shape index (κ2) is 5.14. The molecule has 1 aliphatic carbocycles. The van der Waals surface area contributed by atoms with Gasteiger partial charge in [0, 0.05) is 41.0 Å². The Morgan fingerprint density at radius 3 is 2.90 bits per heavy atom. The molecule has 0 atom stereocenters. The van der Waals surface area contributed by atoms with Gasteiger partial charge in [0.1, 0.15) is 5.82 Å². The average Bonchev–Trinajstić information content (AvgIpc) is 3.33. The Labute approximate surface area is 131 Å². The number of nitrogens with zero attached hydrogens (tertiary/aromatic N) is 2. The second-order valence-electron chi connectivity index (χ2n) is 5.68. The largest absolute Gasteiger partial charge is 0.312 e. The minimum Gasteiger partial charge on any atom is -0.312 e. The molecule has 2 aliphatic rings. The van der Waals surface area contributed by atoms with Gasteiger partial charge in [-0.15, -0.1) is 0 Å². The molecule has 1 aliphatic heterocycles. The van der Waals surface area contributed by atoms with Crippen molar-refractivity contribution in [2.24, 2.45) is 0 Å². The van der Waals surface area contributed by atoms with Gasteiger partial charge in [-0.1, -0.05) is 15.9 Å². The lowest BCUT2D eigenvalue weighted by atomic mass is 10.0. The molecule has 0 amide bonds. The summed E-state index contributed by atoms with van der Waals surface area (Å²) < 4.78 is 14.4. The van der Waals surface area contributed by atoms with Crippen LogP contribution in [0.25, 0.3) is 11.4 Å². The summed E-state index contributed by atoms with van der Waals surface area (Å²) in [5, 5.41) is 3.39. The summed E-state index contributed by atoms with van der Waals surface area (Å²) in [6.45, 7) is 1.80. The van der Waals surface area contributed by atoms with Crippen molar-refractivity contribution in [3.8, 4) is 11.4 Å². The van der Waals surface area contributed by atoms with E-state index in [9.17, 15) is 4.39 Å². The molecule has 2 heterocycles. The zero-order chi connectivity index (χ0) is 14.4. The van der Waals surface area contributed by atoms with Crippen molar-refractivity contribution in [2.45, 2.75) is 31.7 Å². The van der Waals surface area contributed by atoms with E-state index in [0.29, 0.717) is 11.7 Å². The molecule has 3 nitrogen and oxygen atoms in total. The predicted molar refractivity (Wildman–Crippen MR) is 82.5 cm³/mol. The number of halogens is 2. The van der Waals surface area contributed by atoms with Gasteiger partial charge in [-0.05, 0) is 31.0 Å². The minimum absolute atomic E-state index is 0.260. The highest BCUT2D eigenvalue weighted by Gasteiger charge is 2.31. The summed E-state index contributed by atoms with van der Waals surface area (Å²) in [6.07, 6.45) is 3.32. The van der Waals surface area contributed by atoms with Crippen LogP contribution >= 0.6 is 15.9 Å². The molecule has 0 spiro atoms. The first-order valence-corrected chi connectivity index (χ1v) is 8.07. The zero-order valence-electron chi connectivity index (χ0n) is 11.5. The molecule has 1 fully saturated rings. The van der Waals surface area contributed by atoms with Gasteiger partial charge in [0.2, 0.25) is 0 Å². The first-order chi connectivity index (χ1) is 10.2. The van der Waals surface area contributed by atoms with Crippen LogP contribution in [0.5, 0.6) is 0 Å². The maximum absolute atomic E-state index is 13.6. The minimum atomic E-state index is -0.260. The molecule has 1 aromatic heterocycles. The average molecular weight is 348 g/mol. The molecular formula is C16H15BrFN3. The van der Waals surface area contributed by atoms with Crippen LogP contribution in [0.15, 0.2) is 22.7 Å². The number of rotatable bonds is 2. The van der Waals surface area contributed by atoms with Gasteiger partial charge in [0.05, 0.1) is 11.4 Å². The van der Waals surface area contributed by atoms with Gasteiger partial charge in [-0.25, -0.2) is 14.4 Å². The lowest BCUT2D eigenvalue weighted by molar-refractivity contribution is 0.616. The number of aromatic nitrogens is 2. The monoisotopic (exact) mass is 347 g/mol. The molecule has 1 aromatic carbocycles. The molecule has 0 radical (unpaired) electrons. The summed E-state index contributed by atoms with van der Waals surface area (Å²) in [7, 11) is 0. The smallest absolute Gasteiger partial charge is 0.160 e. The third-order valence-electron chi connectivity index (χ3n) is 4.10. The molecule has 1 N–H and O–H groups in total. The van der Waals surface area contributed by atoms with Crippen LogP contribution in [0.4, 0.5) is 4.39 Å². The van der Waals surface area contributed by atoms with Gasteiger partial charge in [-0.2, -0.15) is 0 Å². The topological polar surface area (TPSA) is 37.8 Å². The van der Waals surface area contributed by atoms with Crippen LogP contribution in [-0.4, -0.2) is 16.5 Å². The number of hydrogen-bond acceptors (Lipinski definition) is 3. The third kappa shape index (κ3) is 2.49. The summed E-state index contributed by atoms with van der Waals surface area (Å²) in [5.74, 6) is 0.945. The molecular weight excluding hydrogens is 333 g/mol. The van der Waals surface area contributed by atoms with E-state index in [1.165, 1.54) is 36.2 Å². The van der Waals surface area contributed by atoms with Crippen LogP contribution in [-0.2, 0) is 13.0 Å². The number of benzene rings is 1. The fourth-order valence-electron chi connectivity index (χ4n) is 2.85. The van der Waals surface area contributed by atoms with E-state index in [4.69, 9.17) is 9.97 Å². The number of fused-ring (bicyclic) bond motifs is 1. The van der Waals surface area contributed by atoms with E-state index < -0.39 is 0 Å². The third-order valence-corrected chi connectivity index (χ3v) is 4.79. The standard InChI is InChI=1S/C16H15BrFN3/c17-13-4-3-10(18)7-11(13)16-20-14-5-6-19-8-12(14)15(21-16)9-1-2-9/h3-4,7,9,19H,1-2,5-6,8H2. The Balaban J connectivity index is 1.89. The molecule has 0 bridgehead atoms. The van der Waals surface area contributed by atoms with Crippen LogP contribution in [0, 0.1) is 5.82 Å². The van der Waals surface area contributed by atoms with E-state index in [2.05, 4.69) is 21.2 Å². The summed E-state index contributed by atoms with van der Waals surface area (Å²) in [5.41, 5.74) is 4.29.